The van der Waals surface area contributed by atoms with Crippen molar-refractivity contribution in [2.45, 2.75) is 19.5 Å². The highest BCUT2D eigenvalue weighted by molar-refractivity contribution is 6.31. The standard InChI is InChI=1S/C16H17ClN2O/c1-10-14-9-19(11-3-2-4-12(20)7-11)16(8-18)13(14)5-6-15(10)17/h2-7,16,20H,8-9,18H2,1H3. The Bertz CT molecular complexity index is 657. The average molecular weight is 289 g/mol. The molecule has 2 aromatic carbocycles. The normalized spacial score (nSPS) is 17.4. The van der Waals surface area contributed by atoms with E-state index in [1.54, 1.807) is 12.1 Å². The molecule has 1 unspecified atom stereocenters. The summed E-state index contributed by atoms with van der Waals surface area (Å²) in [5, 5.41) is 10.5. The first-order valence-corrected chi connectivity index (χ1v) is 7.03. The van der Waals surface area contributed by atoms with Crippen LogP contribution in [0.15, 0.2) is 36.4 Å². The minimum absolute atomic E-state index is 0.128. The van der Waals surface area contributed by atoms with Crippen molar-refractivity contribution in [1.29, 1.82) is 0 Å². The Kier molecular flexibility index (Phi) is 3.32. The molecule has 1 aliphatic heterocycles. The van der Waals surface area contributed by atoms with Crippen LogP contribution in [0.5, 0.6) is 5.75 Å². The molecule has 3 nitrogen and oxygen atoms in total. The molecule has 0 aliphatic carbocycles. The van der Waals surface area contributed by atoms with Gasteiger partial charge in [0.25, 0.3) is 0 Å². The van der Waals surface area contributed by atoms with Gasteiger partial charge in [-0.25, -0.2) is 0 Å². The van der Waals surface area contributed by atoms with E-state index in [1.807, 2.05) is 25.1 Å². The lowest BCUT2D eigenvalue weighted by molar-refractivity contribution is 0.475. The average Bonchev–Trinajstić information content (AvgIpc) is 2.82. The molecule has 3 rings (SSSR count). The van der Waals surface area contributed by atoms with Gasteiger partial charge in [0.2, 0.25) is 0 Å². The molecule has 0 spiro atoms. The molecule has 20 heavy (non-hydrogen) atoms. The Labute approximate surface area is 123 Å². The van der Waals surface area contributed by atoms with Crippen LogP contribution in [0.4, 0.5) is 5.69 Å². The Hall–Kier alpha value is -1.71. The van der Waals surface area contributed by atoms with Crippen LogP contribution in [-0.2, 0) is 6.54 Å². The number of benzene rings is 2. The minimum Gasteiger partial charge on any atom is -0.508 e. The molecular weight excluding hydrogens is 272 g/mol. The molecule has 0 amide bonds. The van der Waals surface area contributed by atoms with E-state index in [-0.39, 0.29) is 11.8 Å². The molecule has 2 aromatic rings. The molecule has 0 radical (unpaired) electrons. The SMILES string of the molecule is Cc1c(Cl)ccc2c1CN(c1cccc(O)c1)C2CN. The molecule has 0 saturated heterocycles. The lowest BCUT2D eigenvalue weighted by Gasteiger charge is -2.26. The van der Waals surface area contributed by atoms with Gasteiger partial charge in [0, 0.05) is 29.9 Å². The fourth-order valence-corrected chi connectivity index (χ4v) is 3.09. The predicted molar refractivity (Wildman–Crippen MR) is 82.3 cm³/mol. The Balaban J connectivity index is 2.06. The molecule has 104 valence electrons. The summed E-state index contributed by atoms with van der Waals surface area (Å²) >= 11 is 6.21. The maximum absolute atomic E-state index is 9.67. The summed E-state index contributed by atoms with van der Waals surface area (Å²) in [6, 6.07) is 11.4. The quantitative estimate of drug-likeness (QED) is 0.891. The van der Waals surface area contributed by atoms with E-state index >= 15 is 0 Å². The third kappa shape index (κ3) is 2.03. The fraction of sp³-hybridized carbons (Fsp3) is 0.250. The van der Waals surface area contributed by atoms with Crippen LogP contribution in [0.25, 0.3) is 0 Å². The number of fused-ring (bicyclic) bond motifs is 1. The van der Waals surface area contributed by atoms with Crippen molar-refractivity contribution in [2.75, 3.05) is 11.4 Å². The van der Waals surface area contributed by atoms with Crippen LogP contribution in [0.2, 0.25) is 5.02 Å². The molecule has 4 heteroatoms. The zero-order valence-electron chi connectivity index (χ0n) is 11.3. The fourth-order valence-electron chi connectivity index (χ4n) is 2.92. The highest BCUT2D eigenvalue weighted by atomic mass is 35.5. The first kappa shape index (κ1) is 13.3. The van der Waals surface area contributed by atoms with Gasteiger partial charge in [0.15, 0.2) is 0 Å². The number of aromatic hydroxyl groups is 1. The second-order valence-electron chi connectivity index (χ2n) is 5.14. The number of nitrogens with two attached hydrogens (primary N) is 1. The minimum atomic E-state index is 0.128. The summed E-state index contributed by atoms with van der Waals surface area (Å²) in [4.78, 5) is 2.22. The van der Waals surface area contributed by atoms with Gasteiger partial charge in [-0.05, 0) is 41.8 Å². The number of phenols is 1. The topological polar surface area (TPSA) is 49.5 Å². The van der Waals surface area contributed by atoms with Crippen molar-refractivity contribution in [3.8, 4) is 5.75 Å². The number of rotatable bonds is 2. The third-order valence-corrected chi connectivity index (χ3v) is 4.43. The molecule has 1 heterocycles. The lowest BCUT2D eigenvalue weighted by atomic mass is 10.0. The zero-order valence-corrected chi connectivity index (χ0v) is 12.1. The van der Waals surface area contributed by atoms with Crippen molar-refractivity contribution < 1.29 is 5.11 Å². The number of hydrogen-bond acceptors (Lipinski definition) is 3. The third-order valence-electron chi connectivity index (χ3n) is 4.02. The van der Waals surface area contributed by atoms with Crippen molar-refractivity contribution >= 4 is 17.3 Å². The van der Waals surface area contributed by atoms with Gasteiger partial charge < -0.3 is 15.7 Å². The number of nitrogens with zero attached hydrogens (tertiary/aromatic N) is 1. The Morgan fingerprint density at radius 1 is 1.35 bits per heavy atom. The number of anilines is 1. The van der Waals surface area contributed by atoms with Crippen molar-refractivity contribution in [2.24, 2.45) is 5.73 Å². The lowest BCUT2D eigenvalue weighted by Crippen LogP contribution is -2.27. The zero-order chi connectivity index (χ0) is 14.3. The molecule has 1 aliphatic rings. The number of phenolic OH excluding ortho intramolecular Hbond substituents is 1. The highest BCUT2D eigenvalue weighted by Crippen LogP contribution is 2.40. The highest BCUT2D eigenvalue weighted by Gasteiger charge is 2.31. The maximum atomic E-state index is 9.67. The van der Waals surface area contributed by atoms with Gasteiger partial charge in [-0.1, -0.05) is 23.7 Å². The van der Waals surface area contributed by atoms with Crippen LogP contribution in [-0.4, -0.2) is 11.7 Å². The summed E-state index contributed by atoms with van der Waals surface area (Å²) in [6.45, 7) is 3.34. The monoisotopic (exact) mass is 288 g/mol. The van der Waals surface area contributed by atoms with Crippen LogP contribution < -0.4 is 10.6 Å². The maximum Gasteiger partial charge on any atom is 0.117 e. The molecule has 0 bridgehead atoms. The number of hydrogen-bond donors (Lipinski definition) is 2. The van der Waals surface area contributed by atoms with E-state index in [1.165, 1.54) is 11.1 Å². The molecule has 0 aromatic heterocycles. The van der Waals surface area contributed by atoms with Gasteiger partial charge in [0.1, 0.15) is 5.75 Å². The molecular formula is C16H17ClN2O. The van der Waals surface area contributed by atoms with E-state index < -0.39 is 0 Å². The summed E-state index contributed by atoms with van der Waals surface area (Å²) in [6.07, 6.45) is 0. The molecule has 0 saturated carbocycles. The van der Waals surface area contributed by atoms with E-state index in [0.29, 0.717) is 6.54 Å². The Morgan fingerprint density at radius 3 is 2.85 bits per heavy atom. The second kappa shape index (κ2) is 5.00. The van der Waals surface area contributed by atoms with E-state index in [9.17, 15) is 5.11 Å². The first-order valence-electron chi connectivity index (χ1n) is 6.65. The Morgan fingerprint density at radius 2 is 2.15 bits per heavy atom. The van der Waals surface area contributed by atoms with Gasteiger partial charge in [-0.2, -0.15) is 0 Å². The summed E-state index contributed by atoms with van der Waals surface area (Å²) < 4.78 is 0. The molecule has 0 fully saturated rings. The molecule has 1 atom stereocenters. The van der Waals surface area contributed by atoms with Crippen LogP contribution in [0.1, 0.15) is 22.7 Å². The summed E-state index contributed by atoms with van der Waals surface area (Å²) in [5.74, 6) is 0.268. The second-order valence-corrected chi connectivity index (χ2v) is 5.55. The van der Waals surface area contributed by atoms with Crippen molar-refractivity contribution in [3.05, 3.63) is 58.1 Å². The van der Waals surface area contributed by atoms with Crippen LogP contribution in [0, 0.1) is 6.92 Å². The smallest absolute Gasteiger partial charge is 0.117 e. The molecule has 3 N–H and O–H groups in total. The van der Waals surface area contributed by atoms with Gasteiger partial charge in [-0.3, -0.25) is 0 Å². The predicted octanol–water partition coefficient (Wildman–Crippen LogP) is 3.37. The van der Waals surface area contributed by atoms with E-state index in [2.05, 4.69) is 11.0 Å². The van der Waals surface area contributed by atoms with E-state index in [4.69, 9.17) is 17.3 Å². The van der Waals surface area contributed by atoms with Gasteiger partial charge >= 0.3 is 0 Å². The van der Waals surface area contributed by atoms with Gasteiger partial charge in [-0.15, -0.1) is 0 Å². The number of halogens is 1. The van der Waals surface area contributed by atoms with Crippen molar-refractivity contribution in [1.82, 2.24) is 0 Å². The van der Waals surface area contributed by atoms with Crippen molar-refractivity contribution in [3.63, 3.8) is 0 Å². The first-order chi connectivity index (χ1) is 9.61. The van der Waals surface area contributed by atoms with E-state index in [0.717, 1.165) is 22.8 Å². The van der Waals surface area contributed by atoms with Gasteiger partial charge in [0.05, 0.1) is 6.04 Å². The summed E-state index contributed by atoms with van der Waals surface area (Å²) in [7, 11) is 0. The van der Waals surface area contributed by atoms with Crippen LogP contribution >= 0.6 is 11.6 Å². The largest absolute Gasteiger partial charge is 0.508 e. The van der Waals surface area contributed by atoms with Crippen LogP contribution in [0.3, 0.4) is 0 Å². The summed E-state index contributed by atoms with van der Waals surface area (Å²) in [5.41, 5.74) is 10.5.